The van der Waals surface area contributed by atoms with Gasteiger partial charge in [-0.1, -0.05) is 11.6 Å². The second kappa shape index (κ2) is 9.36. The maximum absolute atomic E-state index is 12.2. The summed E-state index contributed by atoms with van der Waals surface area (Å²) in [5.74, 6) is 0.0279. The summed E-state index contributed by atoms with van der Waals surface area (Å²) in [6, 6.07) is 5.99. The molecule has 1 aliphatic rings. The summed E-state index contributed by atoms with van der Waals surface area (Å²) in [5.41, 5.74) is 1.82. The first-order chi connectivity index (χ1) is 10.1. The van der Waals surface area contributed by atoms with Crippen LogP contribution in [0.25, 0.3) is 0 Å². The molecule has 1 aliphatic heterocycles. The van der Waals surface area contributed by atoms with E-state index in [0.29, 0.717) is 17.6 Å². The highest BCUT2D eigenvalue weighted by Crippen LogP contribution is 2.19. The fourth-order valence-electron chi connectivity index (χ4n) is 2.75. The molecule has 124 valence electrons. The number of hydrogen-bond donors (Lipinski definition) is 2. The van der Waals surface area contributed by atoms with Gasteiger partial charge >= 0.3 is 0 Å². The number of carbonyl (C=O) groups excluding carboxylic acids is 1. The van der Waals surface area contributed by atoms with Gasteiger partial charge in [-0.15, -0.1) is 12.4 Å². The summed E-state index contributed by atoms with van der Waals surface area (Å²) in [6.07, 6.45) is 3.42. The molecule has 0 radical (unpaired) electrons. The van der Waals surface area contributed by atoms with Crippen molar-refractivity contribution in [3.8, 4) is 0 Å². The number of aryl methyl sites for hydroxylation is 1. The van der Waals surface area contributed by atoms with Crippen LogP contribution < -0.4 is 10.6 Å². The van der Waals surface area contributed by atoms with Crippen LogP contribution in [0.5, 0.6) is 0 Å². The van der Waals surface area contributed by atoms with Gasteiger partial charge in [0.05, 0.1) is 6.54 Å². The van der Waals surface area contributed by atoms with E-state index >= 15 is 0 Å². The van der Waals surface area contributed by atoms with Crippen molar-refractivity contribution in [3.63, 3.8) is 0 Å². The van der Waals surface area contributed by atoms with Crippen LogP contribution in [0.3, 0.4) is 0 Å². The molecule has 22 heavy (non-hydrogen) atoms. The number of halogens is 2. The number of likely N-dealkylation sites (N-methyl/N-ethyl adjacent to an activating group) is 1. The standard InChI is InChI=1S/C16H24ClN3O.ClH/c1-12-10-13(17)5-6-15(12)19-16(21)11-20(2)14-4-3-8-18-9-7-14;/h5-6,10,14,18H,3-4,7-9,11H2,1-2H3,(H,19,21);1H. The lowest BCUT2D eigenvalue weighted by Gasteiger charge is -2.26. The Balaban J connectivity index is 0.00000242. The van der Waals surface area contributed by atoms with Crippen molar-refractivity contribution in [2.24, 2.45) is 0 Å². The molecule has 0 bridgehead atoms. The average Bonchev–Trinajstić information content (AvgIpc) is 2.71. The predicted molar refractivity (Wildman–Crippen MR) is 95.2 cm³/mol. The second-order valence-electron chi connectivity index (χ2n) is 5.76. The van der Waals surface area contributed by atoms with Gasteiger partial charge in [-0.2, -0.15) is 0 Å². The molecule has 1 aromatic rings. The van der Waals surface area contributed by atoms with Crippen molar-refractivity contribution in [1.82, 2.24) is 10.2 Å². The third kappa shape index (κ3) is 5.76. The summed E-state index contributed by atoms with van der Waals surface area (Å²) in [5, 5.41) is 7.05. The Kier molecular flexibility index (Phi) is 8.18. The van der Waals surface area contributed by atoms with Gasteiger partial charge in [0.2, 0.25) is 5.91 Å². The Bertz CT molecular complexity index is 488. The largest absolute Gasteiger partial charge is 0.325 e. The minimum atomic E-state index is 0. The highest BCUT2D eigenvalue weighted by atomic mass is 35.5. The van der Waals surface area contributed by atoms with Gasteiger partial charge in [-0.3, -0.25) is 9.69 Å². The number of nitrogens with one attached hydrogen (secondary N) is 2. The monoisotopic (exact) mass is 345 g/mol. The zero-order valence-electron chi connectivity index (χ0n) is 13.2. The molecule has 4 nitrogen and oxygen atoms in total. The predicted octanol–water partition coefficient (Wildman–Crippen LogP) is 3.08. The molecule has 0 aliphatic carbocycles. The topological polar surface area (TPSA) is 44.4 Å². The first kappa shape index (κ1) is 19.2. The van der Waals surface area contributed by atoms with E-state index in [9.17, 15) is 4.79 Å². The molecule has 2 N–H and O–H groups in total. The average molecular weight is 346 g/mol. The van der Waals surface area contributed by atoms with E-state index in [0.717, 1.165) is 37.2 Å². The Labute approximate surface area is 144 Å². The van der Waals surface area contributed by atoms with Crippen LogP contribution in [0.1, 0.15) is 24.8 Å². The molecular formula is C16H25Cl2N3O. The molecule has 0 spiro atoms. The molecule has 1 aromatic carbocycles. The summed E-state index contributed by atoms with van der Waals surface area (Å²) in [4.78, 5) is 14.3. The van der Waals surface area contributed by atoms with E-state index in [-0.39, 0.29) is 18.3 Å². The van der Waals surface area contributed by atoms with E-state index < -0.39 is 0 Å². The van der Waals surface area contributed by atoms with Gasteiger partial charge in [-0.05, 0) is 70.1 Å². The quantitative estimate of drug-likeness (QED) is 0.881. The van der Waals surface area contributed by atoms with Crippen molar-refractivity contribution >= 4 is 35.6 Å². The lowest BCUT2D eigenvalue weighted by molar-refractivity contribution is -0.117. The summed E-state index contributed by atoms with van der Waals surface area (Å²) >= 11 is 5.93. The number of nitrogens with zero attached hydrogens (tertiary/aromatic N) is 1. The second-order valence-corrected chi connectivity index (χ2v) is 6.19. The molecule has 1 amide bonds. The number of anilines is 1. The fourth-order valence-corrected chi connectivity index (χ4v) is 2.98. The van der Waals surface area contributed by atoms with E-state index in [1.165, 1.54) is 6.42 Å². The zero-order chi connectivity index (χ0) is 15.2. The Morgan fingerprint density at radius 3 is 2.91 bits per heavy atom. The molecule has 0 aromatic heterocycles. The van der Waals surface area contributed by atoms with E-state index in [1.54, 1.807) is 6.07 Å². The van der Waals surface area contributed by atoms with Crippen LogP contribution in [0.15, 0.2) is 18.2 Å². The Hall–Kier alpha value is -0.810. The molecule has 1 fully saturated rings. The van der Waals surface area contributed by atoms with Crippen LogP contribution in [-0.4, -0.2) is 43.5 Å². The minimum Gasteiger partial charge on any atom is -0.325 e. The lowest BCUT2D eigenvalue weighted by atomic mass is 10.1. The van der Waals surface area contributed by atoms with Crippen molar-refractivity contribution in [1.29, 1.82) is 0 Å². The zero-order valence-corrected chi connectivity index (χ0v) is 14.8. The third-order valence-corrected chi connectivity index (χ3v) is 4.26. The van der Waals surface area contributed by atoms with Crippen LogP contribution >= 0.6 is 24.0 Å². The summed E-state index contributed by atoms with van der Waals surface area (Å²) in [6.45, 7) is 4.49. The van der Waals surface area contributed by atoms with Gasteiger partial charge in [0, 0.05) is 16.8 Å². The number of hydrogen-bond acceptors (Lipinski definition) is 3. The summed E-state index contributed by atoms with van der Waals surface area (Å²) in [7, 11) is 2.03. The van der Waals surface area contributed by atoms with E-state index in [4.69, 9.17) is 11.6 Å². The van der Waals surface area contributed by atoms with Gasteiger partial charge in [-0.25, -0.2) is 0 Å². The highest BCUT2D eigenvalue weighted by molar-refractivity contribution is 6.30. The molecule has 0 saturated carbocycles. The number of rotatable bonds is 4. The third-order valence-electron chi connectivity index (χ3n) is 4.02. The van der Waals surface area contributed by atoms with Crippen LogP contribution in [-0.2, 0) is 4.79 Å². The van der Waals surface area contributed by atoms with Gasteiger partial charge < -0.3 is 10.6 Å². The molecular weight excluding hydrogens is 321 g/mol. The first-order valence-electron chi connectivity index (χ1n) is 7.53. The molecule has 2 rings (SSSR count). The van der Waals surface area contributed by atoms with E-state index in [2.05, 4.69) is 15.5 Å². The van der Waals surface area contributed by atoms with Crippen LogP contribution in [0.2, 0.25) is 5.02 Å². The van der Waals surface area contributed by atoms with Crippen molar-refractivity contribution in [2.45, 2.75) is 32.2 Å². The SMILES string of the molecule is Cc1cc(Cl)ccc1NC(=O)CN(C)C1CCCNCC1.Cl. The van der Waals surface area contributed by atoms with Gasteiger partial charge in [0.15, 0.2) is 0 Å². The fraction of sp³-hybridized carbons (Fsp3) is 0.562. The van der Waals surface area contributed by atoms with E-state index in [1.807, 2.05) is 26.1 Å². The van der Waals surface area contributed by atoms with Gasteiger partial charge in [0.1, 0.15) is 0 Å². The number of amides is 1. The minimum absolute atomic E-state index is 0. The lowest BCUT2D eigenvalue weighted by Crippen LogP contribution is -2.38. The number of carbonyl (C=O) groups is 1. The molecule has 1 heterocycles. The maximum Gasteiger partial charge on any atom is 0.238 e. The van der Waals surface area contributed by atoms with Crippen LogP contribution in [0.4, 0.5) is 5.69 Å². The maximum atomic E-state index is 12.2. The van der Waals surface area contributed by atoms with Crippen molar-refractivity contribution in [3.05, 3.63) is 28.8 Å². The van der Waals surface area contributed by atoms with Crippen molar-refractivity contribution < 1.29 is 4.79 Å². The highest BCUT2D eigenvalue weighted by Gasteiger charge is 2.19. The summed E-state index contributed by atoms with van der Waals surface area (Å²) < 4.78 is 0. The molecule has 1 atom stereocenters. The Morgan fingerprint density at radius 1 is 1.41 bits per heavy atom. The smallest absolute Gasteiger partial charge is 0.238 e. The molecule has 6 heteroatoms. The van der Waals surface area contributed by atoms with Crippen molar-refractivity contribution in [2.75, 3.05) is 32.0 Å². The molecule has 1 saturated heterocycles. The Morgan fingerprint density at radius 2 is 2.18 bits per heavy atom. The molecule has 1 unspecified atom stereocenters. The normalized spacial score (nSPS) is 18.5. The van der Waals surface area contributed by atoms with Gasteiger partial charge in [0.25, 0.3) is 0 Å². The van der Waals surface area contributed by atoms with Crippen LogP contribution in [0, 0.1) is 6.92 Å². The first-order valence-corrected chi connectivity index (χ1v) is 7.91. The number of benzene rings is 1.